The summed E-state index contributed by atoms with van der Waals surface area (Å²) in [6.07, 6.45) is -0.980. The molecule has 0 heterocycles. The van der Waals surface area contributed by atoms with Crippen molar-refractivity contribution >= 4 is 119 Å². The number of amides is 2. The predicted molar refractivity (Wildman–Crippen MR) is 261 cm³/mol. The van der Waals surface area contributed by atoms with Crippen molar-refractivity contribution < 1.29 is 74.1 Å². The van der Waals surface area contributed by atoms with Crippen molar-refractivity contribution in [2.45, 2.75) is 105 Å². The van der Waals surface area contributed by atoms with Gasteiger partial charge < -0.3 is 50.3 Å². The summed E-state index contributed by atoms with van der Waals surface area (Å²) in [4.78, 5) is 44.4. The van der Waals surface area contributed by atoms with Crippen molar-refractivity contribution in [1.29, 1.82) is 0 Å². The molecule has 0 spiro atoms. The van der Waals surface area contributed by atoms with Crippen LogP contribution in [0.4, 0.5) is 19.2 Å². The molecule has 0 aliphatic carbocycles. The van der Waals surface area contributed by atoms with Crippen LogP contribution >= 0.6 is 75.4 Å². The van der Waals surface area contributed by atoms with Crippen LogP contribution in [-0.2, 0) is 47.0 Å². The summed E-state index contributed by atoms with van der Waals surface area (Å²) in [7, 11) is 7.58. The molecule has 0 bridgehead atoms. The number of halogens is 1. The molecule has 0 aliphatic heterocycles. The van der Waals surface area contributed by atoms with E-state index in [1.54, 1.807) is 105 Å². The van der Waals surface area contributed by atoms with Crippen molar-refractivity contribution in [1.82, 2.24) is 10.6 Å². The van der Waals surface area contributed by atoms with Crippen LogP contribution < -0.4 is 16.4 Å². The lowest BCUT2D eigenvalue weighted by molar-refractivity contribution is -0.0294. The van der Waals surface area contributed by atoms with E-state index in [-0.39, 0.29) is 25.9 Å². The van der Waals surface area contributed by atoms with Crippen LogP contribution in [-0.4, -0.2) is 160 Å². The van der Waals surface area contributed by atoms with Gasteiger partial charge >= 0.3 is 24.5 Å². The Kier molecular flexibility index (Phi) is 44.9. The highest BCUT2D eigenvalue weighted by Gasteiger charge is 2.24. The van der Waals surface area contributed by atoms with Crippen molar-refractivity contribution in [2.24, 2.45) is 5.73 Å². The van der Waals surface area contributed by atoms with E-state index in [1.807, 2.05) is 20.8 Å². The number of hydrogen-bond donors (Lipinski definition) is 5. The number of carbonyl (C=O) groups excluding carboxylic acids is 4. The number of hydrogen-bond acceptors (Lipinski definition) is 23. The zero-order valence-corrected chi connectivity index (χ0v) is 45.6. The number of alkyl carbamates (subject to hydrolysis) is 2. The maximum absolute atomic E-state index is 11.3. The molecule has 0 rings (SSSR count). The van der Waals surface area contributed by atoms with Gasteiger partial charge in [-0.1, -0.05) is 64.8 Å². The zero-order valence-electron chi connectivity index (χ0n) is 38.3. The predicted octanol–water partition coefficient (Wildman–Crippen LogP) is 7.13. The third-order valence-electron chi connectivity index (χ3n) is 3.92. The molecule has 0 saturated carbocycles. The lowest BCUT2D eigenvalue weighted by atomic mass is 10.2. The summed E-state index contributed by atoms with van der Waals surface area (Å²) in [6, 6.07) is 0. The first-order chi connectivity index (χ1) is 28.0. The van der Waals surface area contributed by atoms with Crippen LogP contribution in [0.15, 0.2) is 0 Å². The van der Waals surface area contributed by atoms with Gasteiger partial charge in [0, 0.05) is 64.8 Å². The Morgan fingerprint density at radius 2 is 0.839 bits per heavy atom. The van der Waals surface area contributed by atoms with Gasteiger partial charge in [-0.2, -0.15) is 8.42 Å². The first kappa shape index (κ1) is 70.4. The molecule has 0 aromatic rings. The Morgan fingerprint density at radius 1 is 0.548 bits per heavy atom. The molecule has 0 unspecified atom stereocenters. The minimum absolute atomic E-state index is 0.163. The lowest BCUT2D eigenvalue weighted by Gasteiger charge is -2.20. The third-order valence-corrected chi connectivity index (χ3v) is 11.7. The molecule has 0 radical (unpaired) electrons. The molecule has 19 nitrogen and oxygen atoms in total. The summed E-state index contributed by atoms with van der Waals surface area (Å²) in [5.41, 5.74) is 2.89. The maximum Gasteiger partial charge on any atom is 0.519 e. The minimum atomic E-state index is -3.35. The standard InChI is InChI=1S/C10H21NO5S3.C10H18O5.C9H19NO3S2.C4H11NOS2.CH3ClO2S/c1-10(2,3)16-9(12)11-5-7-17-18-8-6-15-19(4,13)14;1-9(2,3)14-7(11)13-8(12)15-10(4,5)6;1-9(2,3)13-8(12)10-4-6-14-15-7-5-11;5-1-3-7-8-4-2-6;1-5(2,3)4/h5-8H2,1-4H3,(H,11,12);1-6H3;11H,4-7H2,1-3H3,(H,10,12);6H,1-5H2;1H3. The highest BCUT2D eigenvalue weighted by Crippen LogP contribution is 2.21. The van der Waals surface area contributed by atoms with Crippen molar-refractivity contribution in [3.05, 3.63) is 0 Å². The van der Waals surface area contributed by atoms with E-state index in [2.05, 4.69) is 30.2 Å². The van der Waals surface area contributed by atoms with Crippen LogP contribution in [0.3, 0.4) is 0 Å². The van der Waals surface area contributed by atoms with Gasteiger partial charge in [0.25, 0.3) is 10.1 Å². The van der Waals surface area contributed by atoms with E-state index in [4.69, 9.17) is 34.9 Å². The van der Waals surface area contributed by atoms with E-state index in [9.17, 15) is 36.0 Å². The lowest BCUT2D eigenvalue weighted by Crippen LogP contribution is -2.33. The second-order valence-electron chi connectivity index (χ2n) is 15.3. The van der Waals surface area contributed by atoms with Gasteiger partial charge in [0.1, 0.15) is 22.4 Å². The average molecular weight is 1070 g/mol. The second-order valence-corrected chi connectivity index (χ2v) is 28.1. The molecular weight excluding hydrogens is 998 g/mol. The average Bonchev–Trinajstić information content (AvgIpc) is 3.02. The Hall–Kier alpha value is -0.590. The SMILES string of the molecule is CC(C)(C)OC(=O)NCCSSCCO.CC(C)(C)OC(=O)NCCSSCCOS(C)(=O)=O.CC(C)(C)OC(=O)OC(=O)OC(C)(C)C.CS(=O)(=O)Cl.NCCSSCCO. The number of nitrogens with one attached hydrogen (secondary N) is 2. The van der Waals surface area contributed by atoms with Gasteiger partial charge in [-0.15, -0.1) is 0 Å². The Labute approximate surface area is 398 Å². The number of rotatable bonds is 19. The molecule has 0 aliphatic rings. The molecule has 28 heteroatoms. The Bertz CT molecular complexity index is 1350. The second kappa shape index (κ2) is 39.6. The highest BCUT2D eigenvalue weighted by molar-refractivity contribution is 8.77. The molecule has 0 aromatic heterocycles. The quantitative estimate of drug-likeness (QED) is 0.0164. The van der Waals surface area contributed by atoms with Crippen molar-refractivity contribution in [3.63, 3.8) is 0 Å². The van der Waals surface area contributed by atoms with Gasteiger partial charge in [0.2, 0.25) is 9.05 Å². The fourth-order valence-electron chi connectivity index (χ4n) is 2.32. The van der Waals surface area contributed by atoms with Gasteiger partial charge in [-0.25, -0.2) is 27.6 Å². The van der Waals surface area contributed by atoms with Crippen LogP contribution in [0.5, 0.6) is 0 Å². The number of carbonyl (C=O) groups is 4. The van der Waals surface area contributed by atoms with E-state index >= 15 is 0 Å². The summed E-state index contributed by atoms with van der Waals surface area (Å²) in [5.74, 6) is 4.60. The smallest absolute Gasteiger partial charge is 0.444 e. The number of aliphatic hydroxyl groups is 2. The zero-order chi connectivity index (χ0) is 49.7. The summed E-state index contributed by atoms with van der Waals surface area (Å²) < 4.78 is 68.6. The van der Waals surface area contributed by atoms with Crippen LogP contribution in [0, 0.1) is 0 Å². The van der Waals surface area contributed by atoms with Gasteiger partial charge in [-0.3, -0.25) is 4.18 Å². The Balaban J connectivity index is -0.000000231. The van der Waals surface area contributed by atoms with Gasteiger partial charge in [-0.05, 0) is 83.1 Å². The third kappa shape index (κ3) is 86.5. The molecular formula is C34H72ClN3O16S8. The topological polar surface area (TPSA) is 282 Å². The van der Waals surface area contributed by atoms with E-state index < -0.39 is 60.0 Å². The normalized spacial score (nSPS) is 11.5. The Morgan fingerprint density at radius 3 is 1.11 bits per heavy atom. The summed E-state index contributed by atoms with van der Waals surface area (Å²) >= 11 is 0. The molecule has 0 saturated heterocycles. The van der Waals surface area contributed by atoms with Gasteiger partial charge in [0.05, 0.1) is 32.3 Å². The van der Waals surface area contributed by atoms with E-state index in [0.717, 1.165) is 42.1 Å². The number of ether oxygens (including phenoxy) is 5. The highest BCUT2D eigenvalue weighted by atomic mass is 35.7. The number of aliphatic hydroxyl groups excluding tert-OH is 2. The van der Waals surface area contributed by atoms with Crippen LogP contribution in [0.1, 0.15) is 83.1 Å². The van der Waals surface area contributed by atoms with Gasteiger partial charge in [0.15, 0.2) is 0 Å². The number of nitrogens with two attached hydrogens (primary N) is 1. The van der Waals surface area contributed by atoms with Crippen LogP contribution in [0.2, 0.25) is 0 Å². The fraction of sp³-hybridized carbons (Fsp3) is 0.882. The monoisotopic (exact) mass is 1070 g/mol. The largest absolute Gasteiger partial charge is 0.519 e. The molecule has 0 fully saturated rings. The molecule has 62 heavy (non-hydrogen) atoms. The summed E-state index contributed by atoms with van der Waals surface area (Å²) in [5, 5.41) is 22.1. The first-order valence-corrected chi connectivity index (χ1v) is 30.4. The fourth-order valence-corrected chi connectivity index (χ4v) is 7.85. The molecule has 374 valence electrons. The van der Waals surface area contributed by atoms with Crippen molar-refractivity contribution in [3.8, 4) is 0 Å². The maximum atomic E-state index is 11.3. The van der Waals surface area contributed by atoms with Crippen LogP contribution in [0.25, 0.3) is 0 Å². The molecule has 6 N–H and O–H groups in total. The van der Waals surface area contributed by atoms with Crippen molar-refractivity contribution in [2.75, 3.05) is 86.5 Å². The van der Waals surface area contributed by atoms with E-state index in [1.165, 1.54) is 21.6 Å². The molecule has 0 atom stereocenters. The summed E-state index contributed by atoms with van der Waals surface area (Å²) in [6.45, 7) is 23.4. The molecule has 2 amide bonds. The first-order valence-electron chi connectivity index (χ1n) is 18.4. The van der Waals surface area contributed by atoms with E-state index in [0.29, 0.717) is 24.6 Å². The minimum Gasteiger partial charge on any atom is -0.444 e. The molecule has 0 aromatic carbocycles.